The first-order valence-corrected chi connectivity index (χ1v) is 11.1. The van der Waals surface area contributed by atoms with Crippen LogP contribution in [0.2, 0.25) is 0 Å². The van der Waals surface area contributed by atoms with Crippen LogP contribution in [-0.2, 0) is 14.3 Å². The van der Waals surface area contributed by atoms with E-state index in [1.807, 2.05) is 50.2 Å². The van der Waals surface area contributed by atoms with Crippen molar-refractivity contribution in [2.45, 2.75) is 37.8 Å². The third kappa shape index (κ3) is 4.43. The van der Waals surface area contributed by atoms with Crippen molar-refractivity contribution in [1.82, 2.24) is 10.2 Å². The lowest BCUT2D eigenvalue weighted by Crippen LogP contribution is -2.69. The molecular formula is C25H28N2O6. The number of fused-ring (bicyclic) bond motifs is 3. The van der Waals surface area contributed by atoms with E-state index in [1.165, 1.54) is 4.90 Å². The lowest BCUT2D eigenvalue weighted by molar-refractivity contribution is -0.182. The van der Waals surface area contributed by atoms with Crippen LogP contribution in [0.4, 0.5) is 4.79 Å². The van der Waals surface area contributed by atoms with Gasteiger partial charge in [0.05, 0.1) is 13.1 Å². The number of hydrogen-bond donors (Lipinski definition) is 3. The minimum atomic E-state index is -1.93. The molecule has 1 atom stereocenters. The predicted octanol–water partition coefficient (Wildman–Crippen LogP) is 2.60. The highest BCUT2D eigenvalue weighted by atomic mass is 16.5. The zero-order valence-corrected chi connectivity index (χ0v) is 18.7. The molecule has 1 aliphatic carbocycles. The number of carbonyl (C=O) groups is 3. The van der Waals surface area contributed by atoms with Gasteiger partial charge in [0.25, 0.3) is 0 Å². The molecule has 2 aromatic carbocycles. The summed E-state index contributed by atoms with van der Waals surface area (Å²) in [5.74, 6) is -1.78. The summed E-state index contributed by atoms with van der Waals surface area (Å²) >= 11 is 0. The smallest absolute Gasteiger partial charge is 0.407 e. The average molecular weight is 453 g/mol. The monoisotopic (exact) mass is 452 g/mol. The lowest BCUT2D eigenvalue weighted by Gasteiger charge is -2.44. The topological polar surface area (TPSA) is 116 Å². The van der Waals surface area contributed by atoms with Crippen LogP contribution in [0.25, 0.3) is 11.1 Å². The number of carboxylic acid groups (broad SMARTS) is 1. The van der Waals surface area contributed by atoms with Gasteiger partial charge in [0.2, 0.25) is 5.91 Å². The molecule has 3 N–H and O–H groups in total. The van der Waals surface area contributed by atoms with Crippen LogP contribution >= 0.6 is 0 Å². The number of carboxylic acids is 1. The maximum absolute atomic E-state index is 12.8. The standard InChI is InChI=1S/C25H28N2O6/c1-15(2)11-21(22(28)27-13-25(32,14-27)23(29)30)26-24(31)33-12-20-18-9-5-3-7-16(18)17-8-4-6-10-19(17)20/h3-10,15,20-21,32H,11-14H2,1-2H3,(H,26,31)(H,29,30)/t21-/m1/s1. The number of aliphatic hydroxyl groups is 1. The van der Waals surface area contributed by atoms with Gasteiger partial charge in [0, 0.05) is 5.92 Å². The molecule has 0 spiro atoms. The van der Waals surface area contributed by atoms with Gasteiger partial charge < -0.3 is 25.2 Å². The van der Waals surface area contributed by atoms with Gasteiger partial charge >= 0.3 is 12.1 Å². The molecule has 0 saturated carbocycles. The fourth-order valence-corrected chi connectivity index (χ4v) is 4.57. The third-order valence-corrected chi connectivity index (χ3v) is 6.26. The first kappa shape index (κ1) is 22.8. The minimum absolute atomic E-state index is 0.0941. The number of amides is 2. The van der Waals surface area contributed by atoms with Crippen molar-refractivity contribution in [2.75, 3.05) is 19.7 Å². The zero-order chi connectivity index (χ0) is 23.8. The van der Waals surface area contributed by atoms with E-state index in [9.17, 15) is 19.5 Å². The molecule has 0 bridgehead atoms. The van der Waals surface area contributed by atoms with E-state index < -0.39 is 29.6 Å². The first-order chi connectivity index (χ1) is 15.7. The maximum atomic E-state index is 12.8. The Morgan fingerprint density at radius 3 is 2.12 bits per heavy atom. The Hall–Kier alpha value is -3.39. The number of carbonyl (C=O) groups excluding carboxylic acids is 2. The van der Waals surface area contributed by atoms with Crippen molar-refractivity contribution < 1.29 is 29.3 Å². The number of aliphatic carboxylic acids is 1. The molecule has 1 fully saturated rings. The van der Waals surface area contributed by atoms with Gasteiger partial charge in [-0.25, -0.2) is 9.59 Å². The summed E-state index contributed by atoms with van der Waals surface area (Å²) in [6.45, 7) is 3.36. The van der Waals surface area contributed by atoms with Gasteiger partial charge in [0.15, 0.2) is 5.60 Å². The Kier molecular flexibility index (Phi) is 6.12. The number of benzene rings is 2. The van der Waals surface area contributed by atoms with Crippen LogP contribution in [0.15, 0.2) is 48.5 Å². The van der Waals surface area contributed by atoms with Crippen molar-refractivity contribution in [1.29, 1.82) is 0 Å². The van der Waals surface area contributed by atoms with Crippen molar-refractivity contribution in [2.24, 2.45) is 5.92 Å². The summed E-state index contributed by atoms with van der Waals surface area (Å²) < 4.78 is 5.55. The number of nitrogens with zero attached hydrogens (tertiary/aromatic N) is 1. The quantitative estimate of drug-likeness (QED) is 0.595. The van der Waals surface area contributed by atoms with Gasteiger partial charge in [-0.2, -0.15) is 0 Å². The summed E-state index contributed by atoms with van der Waals surface area (Å²) in [4.78, 5) is 37.8. The summed E-state index contributed by atoms with van der Waals surface area (Å²) in [6.07, 6.45) is -0.338. The SMILES string of the molecule is CC(C)C[C@@H](NC(=O)OCC1c2ccccc2-c2ccccc21)C(=O)N1CC(O)(C(=O)O)C1. The molecule has 1 heterocycles. The predicted molar refractivity (Wildman–Crippen MR) is 121 cm³/mol. The molecule has 1 aliphatic heterocycles. The second-order valence-electron chi connectivity index (χ2n) is 9.18. The van der Waals surface area contributed by atoms with Crippen LogP contribution in [0, 0.1) is 5.92 Å². The highest BCUT2D eigenvalue weighted by molar-refractivity contribution is 5.89. The van der Waals surface area contributed by atoms with Crippen LogP contribution in [0.1, 0.15) is 37.3 Å². The van der Waals surface area contributed by atoms with Crippen molar-refractivity contribution in [3.8, 4) is 11.1 Å². The van der Waals surface area contributed by atoms with Crippen molar-refractivity contribution in [3.63, 3.8) is 0 Å². The molecule has 2 aromatic rings. The molecule has 0 radical (unpaired) electrons. The Morgan fingerprint density at radius 2 is 1.61 bits per heavy atom. The third-order valence-electron chi connectivity index (χ3n) is 6.26. The van der Waals surface area contributed by atoms with E-state index >= 15 is 0 Å². The van der Waals surface area contributed by atoms with Gasteiger partial charge in [-0.05, 0) is 34.6 Å². The number of likely N-dealkylation sites (tertiary alicyclic amines) is 1. The number of alkyl carbamates (subject to hydrolysis) is 1. The number of β-amino-alcohol motifs (C(OH)–C–C–N with tert-alkyl or cyclic N) is 1. The largest absolute Gasteiger partial charge is 0.479 e. The second-order valence-corrected chi connectivity index (χ2v) is 9.18. The fraction of sp³-hybridized carbons (Fsp3) is 0.400. The Balaban J connectivity index is 1.40. The number of hydrogen-bond acceptors (Lipinski definition) is 5. The summed E-state index contributed by atoms with van der Waals surface area (Å²) in [5, 5.41) is 21.6. The van der Waals surface area contributed by atoms with E-state index in [4.69, 9.17) is 9.84 Å². The number of rotatable bonds is 7. The van der Waals surface area contributed by atoms with Crippen LogP contribution < -0.4 is 5.32 Å². The zero-order valence-electron chi connectivity index (χ0n) is 18.7. The van der Waals surface area contributed by atoms with Crippen LogP contribution in [0.3, 0.4) is 0 Å². The molecule has 1 saturated heterocycles. The van der Waals surface area contributed by atoms with E-state index in [0.29, 0.717) is 6.42 Å². The molecule has 2 aliphatic rings. The highest BCUT2D eigenvalue weighted by Gasteiger charge is 2.51. The molecule has 174 valence electrons. The Morgan fingerprint density at radius 1 is 1.06 bits per heavy atom. The summed E-state index contributed by atoms with van der Waals surface area (Å²) in [5.41, 5.74) is 2.50. The first-order valence-electron chi connectivity index (χ1n) is 11.1. The Bertz CT molecular complexity index is 1030. The molecule has 0 aromatic heterocycles. The van der Waals surface area contributed by atoms with Gasteiger partial charge in [-0.15, -0.1) is 0 Å². The molecule has 0 unspecified atom stereocenters. The molecule has 8 nitrogen and oxygen atoms in total. The van der Waals surface area contributed by atoms with Crippen molar-refractivity contribution >= 4 is 18.0 Å². The molecule has 4 rings (SSSR count). The van der Waals surface area contributed by atoms with E-state index in [1.54, 1.807) is 0 Å². The number of ether oxygens (including phenoxy) is 1. The van der Waals surface area contributed by atoms with E-state index in [2.05, 4.69) is 17.4 Å². The van der Waals surface area contributed by atoms with Gasteiger partial charge in [0.1, 0.15) is 12.6 Å². The van der Waals surface area contributed by atoms with Gasteiger partial charge in [-0.1, -0.05) is 62.4 Å². The molecular weight excluding hydrogens is 424 g/mol. The summed E-state index contributed by atoms with van der Waals surface area (Å²) in [6, 6.07) is 15.2. The highest BCUT2D eigenvalue weighted by Crippen LogP contribution is 2.44. The lowest BCUT2D eigenvalue weighted by atomic mass is 9.92. The minimum Gasteiger partial charge on any atom is -0.479 e. The molecule has 8 heteroatoms. The maximum Gasteiger partial charge on any atom is 0.407 e. The van der Waals surface area contributed by atoms with E-state index in [0.717, 1.165) is 22.3 Å². The van der Waals surface area contributed by atoms with Crippen LogP contribution in [0.5, 0.6) is 0 Å². The van der Waals surface area contributed by atoms with E-state index in [-0.39, 0.29) is 31.5 Å². The van der Waals surface area contributed by atoms with Crippen molar-refractivity contribution in [3.05, 3.63) is 59.7 Å². The molecule has 33 heavy (non-hydrogen) atoms. The fourth-order valence-electron chi connectivity index (χ4n) is 4.57. The second kappa shape index (κ2) is 8.86. The normalized spacial score (nSPS) is 17.0. The van der Waals surface area contributed by atoms with Crippen LogP contribution in [-0.4, -0.2) is 64.4 Å². The summed E-state index contributed by atoms with van der Waals surface area (Å²) in [7, 11) is 0. The van der Waals surface area contributed by atoms with Gasteiger partial charge in [-0.3, -0.25) is 4.79 Å². The number of nitrogens with one attached hydrogen (secondary N) is 1. The Labute approximate surface area is 192 Å². The average Bonchev–Trinajstić information content (AvgIpc) is 3.08. The molecule has 2 amide bonds.